The average Bonchev–Trinajstić information content (AvgIpc) is 2.83. The smallest absolute Gasteiger partial charge is 0.280 e. The van der Waals surface area contributed by atoms with Gasteiger partial charge in [-0.2, -0.15) is 4.31 Å². The number of halogens is 2. The molecule has 5 nitrogen and oxygen atoms in total. The molecule has 1 aromatic rings. The molecule has 1 aliphatic heterocycles. The summed E-state index contributed by atoms with van der Waals surface area (Å²) in [6, 6.07) is 2.12. The second-order valence-electron chi connectivity index (χ2n) is 4.89. The lowest BCUT2D eigenvalue weighted by molar-refractivity contribution is 0.0521. The van der Waals surface area contributed by atoms with Gasteiger partial charge in [-0.1, -0.05) is 6.92 Å². The highest BCUT2D eigenvalue weighted by Crippen LogP contribution is 2.29. The summed E-state index contributed by atoms with van der Waals surface area (Å²) in [5.41, 5.74) is -1.47. The van der Waals surface area contributed by atoms with Crippen LogP contribution in [-0.4, -0.2) is 41.5 Å². The van der Waals surface area contributed by atoms with Gasteiger partial charge in [0.25, 0.3) is 6.43 Å². The number of alkyl halides is 2. The first-order valence-electron chi connectivity index (χ1n) is 6.25. The fourth-order valence-corrected chi connectivity index (χ4v) is 3.60. The number of hydrogen-bond acceptors (Lipinski definition) is 4. The van der Waals surface area contributed by atoms with E-state index in [2.05, 4.69) is 4.98 Å². The summed E-state index contributed by atoms with van der Waals surface area (Å²) in [7, 11) is -3.80. The van der Waals surface area contributed by atoms with E-state index in [4.69, 9.17) is 0 Å². The Bertz CT molecular complexity index is 577. The van der Waals surface area contributed by atoms with E-state index in [-0.39, 0.29) is 18.0 Å². The van der Waals surface area contributed by atoms with Crippen molar-refractivity contribution in [2.45, 2.75) is 36.7 Å². The molecular formula is C12H16F2N2O3S. The van der Waals surface area contributed by atoms with Crippen molar-refractivity contribution < 1.29 is 22.3 Å². The van der Waals surface area contributed by atoms with Crippen molar-refractivity contribution >= 4 is 10.0 Å². The van der Waals surface area contributed by atoms with Gasteiger partial charge in [-0.3, -0.25) is 4.98 Å². The number of nitrogens with zero attached hydrogens (tertiary/aromatic N) is 2. The Morgan fingerprint density at radius 3 is 2.65 bits per heavy atom. The van der Waals surface area contributed by atoms with Crippen LogP contribution < -0.4 is 0 Å². The fraction of sp³-hybridized carbons (Fsp3) is 0.583. The minimum atomic E-state index is -3.80. The van der Waals surface area contributed by atoms with Gasteiger partial charge in [0, 0.05) is 19.3 Å². The Labute approximate surface area is 116 Å². The van der Waals surface area contributed by atoms with Crippen LogP contribution in [0.1, 0.15) is 31.9 Å². The highest BCUT2D eigenvalue weighted by Gasteiger charge is 2.40. The molecule has 0 bridgehead atoms. The molecule has 0 saturated carbocycles. The highest BCUT2D eigenvalue weighted by atomic mass is 32.2. The molecule has 1 unspecified atom stereocenters. The van der Waals surface area contributed by atoms with Crippen molar-refractivity contribution in [3.63, 3.8) is 0 Å². The molecule has 1 aliphatic rings. The summed E-state index contributed by atoms with van der Waals surface area (Å²) in [5.74, 6) is 0. The predicted octanol–water partition coefficient (Wildman–Crippen LogP) is 1.55. The van der Waals surface area contributed by atoms with Crippen molar-refractivity contribution in [3.8, 4) is 0 Å². The lowest BCUT2D eigenvalue weighted by Gasteiger charge is -2.21. The molecular weight excluding hydrogens is 290 g/mol. The van der Waals surface area contributed by atoms with Gasteiger partial charge in [0.2, 0.25) is 10.0 Å². The summed E-state index contributed by atoms with van der Waals surface area (Å²) in [4.78, 5) is 3.32. The fourth-order valence-electron chi connectivity index (χ4n) is 2.14. The molecule has 1 saturated heterocycles. The third-order valence-corrected chi connectivity index (χ3v) is 5.40. The number of aromatic nitrogens is 1. The molecule has 0 amide bonds. The van der Waals surface area contributed by atoms with Crippen LogP contribution in [0, 0.1) is 0 Å². The summed E-state index contributed by atoms with van der Waals surface area (Å²) in [5, 5.41) is 10.1. The molecule has 112 valence electrons. The maximum absolute atomic E-state index is 12.4. The molecule has 1 aromatic heterocycles. The summed E-state index contributed by atoms with van der Waals surface area (Å²) in [6.45, 7) is 2.01. The Kier molecular flexibility index (Phi) is 4.08. The van der Waals surface area contributed by atoms with E-state index in [1.807, 2.05) is 0 Å². The van der Waals surface area contributed by atoms with Gasteiger partial charge < -0.3 is 5.11 Å². The highest BCUT2D eigenvalue weighted by molar-refractivity contribution is 7.89. The predicted molar refractivity (Wildman–Crippen MR) is 67.8 cm³/mol. The van der Waals surface area contributed by atoms with Gasteiger partial charge in [-0.05, 0) is 25.0 Å². The average molecular weight is 306 g/mol. The third-order valence-electron chi connectivity index (χ3n) is 3.58. The zero-order valence-electron chi connectivity index (χ0n) is 11.0. The molecule has 0 radical (unpaired) electrons. The number of hydrogen-bond donors (Lipinski definition) is 1. The lowest BCUT2D eigenvalue weighted by atomic mass is 10.0. The Morgan fingerprint density at radius 1 is 1.50 bits per heavy atom. The normalized spacial score (nSPS) is 24.4. The number of rotatable bonds is 4. The van der Waals surface area contributed by atoms with E-state index in [9.17, 15) is 22.3 Å². The van der Waals surface area contributed by atoms with Crippen LogP contribution in [0.3, 0.4) is 0 Å². The first-order valence-corrected chi connectivity index (χ1v) is 7.69. The topological polar surface area (TPSA) is 70.5 Å². The summed E-state index contributed by atoms with van der Waals surface area (Å²) >= 11 is 0. The zero-order valence-corrected chi connectivity index (χ0v) is 11.8. The maximum Gasteiger partial charge on any atom is 0.280 e. The molecule has 0 spiro atoms. The van der Waals surface area contributed by atoms with Crippen LogP contribution in [0.2, 0.25) is 0 Å². The van der Waals surface area contributed by atoms with Gasteiger partial charge >= 0.3 is 0 Å². The van der Waals surface area contributed by atoms with Crippen LogP contribution in [0.15, 0.2) is 23.2 Å². The van der Waals surface area contributed by atoms with Crippen molar-refractivity contribution in [2.75, 3.05) is 13.1 Å². The van der Waals surface area contributed by atoms with E-state index < -0.39 is 27.7 Å². The Morgan fingerprint density at radius 2 is 2.20 bits per heavy atom. The monoisotopic (exact) mass is 306 g/mol. The van der Waals surface area contributed by atoms with Crippen LogP contribution in [0.5, 0.6) is 0 Å². The summed E-state index contributed by atoms with van der Waals surface area (Å²) < 4.78 is 50.6. The van der Waals surface area contributed by atoms with Crippen LogP contribution in [0.25, 0.3) is 0 Å². The second-order valence-corrected chi connectivity index (χ2v) is 6.82. The SMILES string of the molecule is CCC1(O)CCN(S(=O)(=O)c2ccc(C(F)F)nc2)C1. The molecule has 1 atom stereocenters. The van der Waals surface area contributed by atoms with Gasteiger partial charge in [0.05, 0.1) is 5.60 Å². The van der Waals surface area contributed by atoms with E-state index in [1.54, 1.807) is 6.92 Å². The van der Waals surface area contributed by atoms with Gasteiger partial charge in [-0.25, -0.2) is 17.2 Å². The summed E-state index contributed by atoms with van der Waals surface area (Å²) in [6.07, 6.45) is -0.976. The molecule has 0 aliphatic carbocycles. The van der Waals surface area contributed by atoms with Crippen molar-refractivity contribution in [1.29, 1.82) is 0 Å². The minimum absolute atomic E-state index is 0.0163. The van der Waals surface area contributed by atoms with Crippen LogP contribution >= 0.6 is 0 Å². The Balaban J connectivity index is 2.23. The van der Waals surface area contributed by atoms with Gasteiger partial charge in [0.15, 0.2) is 0 Å². The standard InChI is InChI=1S/C12H16F2N2O3S/c1-2-12(17)5-6-16(8-12)20(18,19)9-3-4-10(11(13)14)15-7-9/h3-4,7,11,17H,2,5-6,8H2,1H3. The third kappa shape index (κ3) is 2.82. The second kappa shape index (κ2) is 5.34. The number of pyridine rings is 1. The van der Waals surface area contributed by atoms with E-state index in [1.165, 1.54) is 0 Å². The molecule has 8 heteroatoms. The zero-order chi connectivity index (χ0) is 15.0. The maximum atomic E-state index is 12.4. The molecule has 2 heterocycles. The van der Waals surface area contributed by atoms with Crippen molar-refractivity contribution in [1.82, 2.24) is 9.29 Å². The van der Waals surface area contributed by atoms with E-state index >= 15 is 0 Å². The molecule has 1 N–H and O–H groups in total. The Hall–Kier alpha value is -1.12. The molecule has 1 fully saturated rings. The first-order chi connectivity index (χ1) is 9.28. The van der Waals surface area contributed by atoms with Crippen LogP contribution in [-0.2, 0) is 10.0 Å². The molecule has 20 heavy (non-hydrogen) atoms. The van der Waals surface area contributed by atoms with Gasteiger partial charge in [0.1, 0.15) is 10.6 Å². The van der Waals surface area contributed by atoms with Crippen molar-refractivity contribution in [2.24, 2.45) is 0 Å². The quantitative estimate of drug-likeness (QED) is 0.916. The number of sulfonamides is 1. The number of β-amino-alcohol motifs (C(OH)–C–C–N with tert-alkyl or cyclic N) is 1. The van der Waals surface area contributed by atoms with Crippen molar-refractivity contribution in [3.05, 3.63) is 24.0 Å². The molecule has 0 aromatic carbocycles. The molecule has 2 rings (SSSR count). The lowest BCUT2D eigenvalue weighted by Crippen LogP contribution is -2.35. The minimum Gasteiger partial charge on any atom is -0.388 e. The van der Waals surface area contributed by atoms with E-state index in [0.29, 0.717) is 12.8 Å². The largest absolute Gasteiger partial charge is 0.388 e. The van der Waals surface area contributed by atoms with Crippen LogP contribution in [0.4, 0.5) is 8.78 Å². The van der Waals surface area contributed by atoms with E-state index in [0.717, 1.165) is 22.6 Å². The number of aliphatic hydroxyl groups is 1. The first kappa shape index (κ1) is 15.3. The van der Waals surface area contributed by atoms with Gasteiger partial charge in [-0.15, -0.1) is 0 Å².